The van der Waals surface area contributed by atoms with Crippen molar-refractivity contribution in [3.8, 4) is 11.5 Å². The Morgan fingerprint density at radius 3 is 3.05 bits per heavy atom. The first-order valence-corrected chi connectivity index (χ1v) is 8.10. The molecule has 5 atom stereocenters. The largest absolute Gasteiger partial charge is 0.493 e. The van der Waals surface area contributed by atoms with Gasteiger partial charge in [0.25, 0.3) is 0 Å². The minimum absolute atomic E-state index is 0.0806. The lowest BCUT2D eigenvalue weighted by Gasteiger charge is -2.56. The Bertz CT molecular complexity index is 685. The summed E-state index contributed by atoms with van der Waals surface area (Å²) in [5, 5.41) is 10.6. The minimum Gasteiger partial charge on any atom is -0.493 e. The van der Waals surface area contributed by atoms with Gasteiger partial charge in [-0.1, -0.05) is 18.2 Å². The molecule has 1 spiro atoms. The third-order valence-corrected chi connectivity index (χ3v) is 6.35. The molecule has 4 aliphatic rings. The lowest BCUT2D eigenvalue weighted by atomic mass is 9.53. The molecule has 1 saturated heterocycles. The predicted octanol–water partition coefficient (Wildman–Crippen LogP) is 1.50. The molecule has 2 heterocycles. The van der Waals surface area contributed by atoms with Gasteiger partial charge in [-0.2, -0.15) is 0 Å². The van der Waals surface area contributed by atoms with Gasteiger partial charge in [0.1, 0.15) is 12.2 Å². The number of hydrogen-bond donors (Lipinski definition) is 1. The van der Waals surface area contributed by atoms with E-state index in [1.54, 1.807) is 7.11 Å². The predicted molar refractivity (Wildman–Crippen MR) is 82.5 cm³/mol. The van der Waals surface area contributed by atoms with Gasteiger partial charge < -0.3 is 19.5 Å². The van der Waals surface area contributed by atoms with Crippen LogP contribution in [0.15, 0.2) is 24.3 Å². The molecular formula is C18H21NO3. The Balaban J connectivity index is 1.82. The summed E-state index contributed by atoms with van der Waals surface area (Å²) in [7, 11) is 3.91. The van der Waals surface area contributed by atoms with Crippen LogP contribution in [0.3, 0.4) is 0 Å². The molecule has 0 amide bonds. The number of likely N-dealkylation sites (tertiary alicyclic amines) is 1. The van der Waals surface area contributed by atoms with Gasteiger partial charge in [-0.15, -0.1) is 0 Å². The molecule has 1 aromatic rings. The maximum Gasteiger partial charge on any atom is 0.165 e. The molecule has 5 rings (SSSR count). The molecule has 0 aromatic heterocycles. The fourth-order valence-electron chi connectivity index (χ4n) is 5.39. The number of aliphatic hydroxyl groups is 1. The van der Waals surface area contributed by atoms with E-state index in [1.807, 2.05) is 12.1 Å². The second-order valence-electron chi connectivity index (χ2n) is 7.11. The van der Waals surface area contributed by atoms with E-state index < -0.39 is 6.10 Å². The number of piperidine rings is 1. The second kappa shape index (κ2) is 4.06. The quantitative estimate of drug-likeness (QED) is 0.798. The Labute approximate surface area is 130 Å². The van der Waals surface area contributed by atoms with Crippen molar-refractivity contribution in [1.29, 1.82) is 0 Å². The van der Waals surface area contributed by atoms with Gasteiger partial charge in [0.15, 0.2) is 11.5 Å². The molecule has 2 bridgehead atoms. The number of aliphatic hydroxyl groups excluding tert-OH is 1. The van der Waals surface area contributed by atoms with Crippen LogP contribution in [0.1, 0.15) is 17.5 Å². The smallest absolute Gasteiger partial charge is 0.165 e. The van der Waals surface area contributed by atoms with E-state index in [-0.39, 0.29) is 11.5 Å². The Hall–Kier alpha value is -1.52. The van der Waals surface area contributed by atoms with Crippen LogP contribution in [0.5, 0.6) is 11.5 Å². The Kier molecular flexibility index (Phi) is 2.39. The highest BCUT2D eigenvalue weighted by Gasteiger charge is 2.64. The van der Waals surface area contributed by atoms with Crippen molar-refractivity contribution in [2.45, 2.75) is 36.5 Å². The van der Waals surface area contributed by atoms with E-state index in [2.05, 4.69) is 24.1 Å². The molecule has 116 valence electrons. The van der Waals surface area contributed by atoms with Gasteiger partial charge in [0.05, 0.1) is 7.11 Å². The highest BCUT2D eigenvalue weighted by Crippen LogP contribution is 2.62. The summed E-state index contributed by atoms with van der Waals surface area (Å²) in [5.41, 5.74) is 2.60. The van der Waals surface area contributed by atoms with Crippen LogP contribution in [-0.4, -0.2) is 49.0 Å². The van der Waals surface area contributed by atoms with Gasteiger partial charge >= 0.3 is 0 Å². The lowest BCUT2D eigenvalue weighted by molar-refractivity contribution is -0.0453. The van der Waals surface area contributed by atoms with Crippen LogP contribution in [0.2, 0.25) is 0 Å². The standard InChI is InChI=1S/C18H21NO3/c1-19-8-7-18-11-4-5-13(20)17(18)22-16-14(21-2)6-3-10(15(16)18)9-12(11)19/h3-6,11-13,17,20H,7-9H2,1-2H3/t11-,12+,13-,17?,18-/m0/s1. The molecule has 4 nitrogen and oxygen atoms in total. The fourth-order valence-corrected chi connectivity index (χ4v) is 5.39. The Morgan fingerprint density at radius 1 is 1.36 bits per heavy atom. The van der Waals surface area contributed by atoms with E-state index in [4.69, 9.17) is 9.47 Å². The molecule has 4 heteroatoms. The molecule has 0 radical (unpaired) electrons. The number of ether oxygens (including phenoxy) is 2. The van der Waals surface area contributed by atoms with E-state index in [0.29, 0.717) is 12.0 Å². The first-order chi connectivity index (χ1) is 10.7. The van der Waals surface area contributed by atoms with Crippen LogP contribution >= 0.6 is 0 Å². The van der Waals surface area contributed by atoms with Gasteiger partial charge in [-0.05, 0) is 38.1 Å². The summed E-state index contributed by atoms with van der Waals surface area (Å²) < 4.78 is 11.8. The molecule has 22 heavy (non-hydrogen) atoms. The summed E-state index contributed by atoms with van der Waals surface area (Å²) in [6.45, 7) is 1.05. The van der Waals surface area contributed by atoms with Crippen molar-refractivity contribution < 1.29 is 14.6 Å². The topological polar surface area (TPSA) is 41.9 Å². The summed E-state index contributed by atoms with van der Waals surface area (Å²) in [5.74, 6) is 2.09. The van der Waals surface area contributed by atoms with Crippen LogP contribution in [0.25, 0.3) is 0 Å². The van der Waals surface area contributed by atoms with Crippen molar-refractivity contribution in [3.05, 3.63) is 35.4 Å². The summed E-state index contributed by atoms with van der Waals surface area (Å²) >= 11 is 0. The number of methoxy groups -OCH3 is 1. The fraction of sp³-hybridized carbons (Fsp3) is 0.556. The van der Waals surface area contributed by atoms with Gasteiger partial charge in [0.2, 0.25) is 0 Å². The van der Waals surface area contributed by atoms with Crippen molar-refractivity contribution in [2.24, 2.45) is 5.92 Å². The zero-order chi connectivity index (χ0) is 15.1. The first-order valence-electron chi connectivity index (χ1n) is 8.10. The van der Waals surface area contributed by atoms with Crippen molar-refractivity contribution >= 4 is 0 Å². The molecule has 1 fully saturated rings. The molecule has 1 N–H and O–H groups in total. The number of benzene rings is 1. The van der Waals surface area contributed by atoms with Crippen molar-refractivity contribution in [2.75, 3.05) is 20.7 Å². The molecule has 0 saturated carbocycles. The van der Waals surface area contributed by atoms with E-state index in [0.717, 1.165) is 30.9 Å². The summed E-state index contributed by atoms with van der Waals surface area (Å²) in [6.07, 6.45) is 5.54. The summed E-state index contributed by atoms with van der Waals surface area (Å²) in [6, 6.07) is 4.70. The molecule has 1 aromatic carbocycles. The normalized spacial score (nSPS) is 41.0. The van der Waals surface area contributed by atoms with Crippen LogP contribution in [0, 0.1) is 5.92 Å². The molecule has 2 aliphatic heterocycles. The Morgan fingerprint density at radius 2 is 2.23 bits per heavy atom. The highest BCUT2D eigenvalue weighted by molar-refractivity contribution is 5.62. The third kappa shape index (κ3) is 1.28. The number of hydrogen-bond acceptors (Lipinski definition) is 4. The minimum atomic E-state index is -0.539. The maximum atomic E-state index is 10.6. The molecular weight excluding hydrogens is 278 g/mol. The first kappa shape index (κ1) is 13.0. The average molecular weight is 299 g/mol. The van der Waals surface area contributed by atoms with Crippen LogP contribution in [-0.2, 0) is 11.8 Å². The number of rotatable bonds is 1. The SMILES string of the molecule is COc1ccc2c3c1OC1[C@@H](O)C=C[C@H]4[C@@H](C2)N(C)CC[C@]314. The average Bonchev–Trinajstić information content (AvgIpc) is 2.88. The molecule has 1 unspecified atom stereocenters. The van der Waals surface area contributed by atoms with Gasteiger partial charge in [-0.3, -0.25) is 0 Å². The second-order valence-corrected chi connectivity index (χ2v) is 7.11. The van der Waals surface area contributed by atoms with Crippen LogP contribution < -0.4 is 9.47 Å². The van der Waals surface area contributed by atoms with Crippen molar-refractivity contribution in [3.63, 3.8) is 0 Å². The summed E-state index contributed by atoms with van der Waals surface area (Å²) in [4.78, 5) is 2.47. The van der Waals surface area contributed by atoms with E-state index in [9.17, 15) is 5.11 Å². The zero-order valence-electron chi connectivity index (χ0n) is 13.0. The zero-order valence-corrected chi connectivity index (χ0v) is 13.0. The number of likely N-dealkylation sites (N-methyl/N-ethyl adjacent to an activating group) is 1. The molecule has 2 aliphatic carbocycles. The maximum absolute atomic E-state index is 10.6. The monoisotopic (exact) mass is 299 g/mol. The van der Waals surface area contributed by atoms with E-state index in [1.165, 1.54) is 11.1 Å². The van der Waals surface area contributed by atoms with E-state index >= 15 is 0 Å². The van der Waals surface area contributed by atoms with Crippen LogP contribution in [0.4, 0.5) is 0 Å². The highest BCUT2D eigenvalue weighted by atomic mass is 16.5. The lowest BCUT2D eigenvalue weighted by Crippen LogP contribution is -2.64. The van der Waals surface area contributed by atoms with Gasteiger partial charge in [-0.25, -0.2) is 0 Å². The third-order valence-electron chi connectivity index (χ3n) is 6.35. The van der Waals surface area contributed by atoms with Gasteiger partial charge in [0, 0.05) is 22.9 Å². The number of nitrogens with zero attached hydrogens (tertiary/aromatic N) is 1. The van der Waals surface area contributed by atoms with Crippen molar-refractivity contribution in [1.82, 2.24) is 4.90 Å².